The van der Waals surface area contributed by atoms with Crippen LogP contribution in [0.4, 0.5) is 5.69 Å². The molecule has 3 heterocycles. The predicted molar refractivity (Wildman–Crippen MR) is 86.9 cm³/mol. The van der Waals surface area contributed by atoms with Gasteiger partial charge in [0.05, 0.1) is 5.69 Å². The zero-order chi connectivity index (χ0) is 13.5. The SMILES string of the molecule is C=CCN1CC[C@@H]2[C@H](C1)c1cccc3c1N2CCCS3. The molecule has 0 saturated carbocycles. The average molecular weight is 286 g/mol. The van der Waals surface area contributed by atoms with Gasteiger partial charge in [0.25, 0.3) is 0 Å². The van der Waals surface area contributed by atoms with E-state index in [9.17, 15) is 0 Å². The van der Waals surface area contributed by atoms with Crippen LogP contribution in [0.5, 0.6) is 0 Å². The molecule has 0 aliphatic carbocycles. The Morgan fingerprint density at radius 2 is 2.30 bits per heavy atom. The summed E-state index contributed by atoms with van der Waals surface area (Å²) in [6.07, 6.45) is 4.67. The normalized spacial score (nSPS) is 28.7. The van der Waals surface area contributed by atoms with Gasteiger partial charge in [-0.2, -0.15) is 0 Å². The van der Waals surface area contributed by atoms with Gasteiger partial charge in [0.15, 0.2) is 0 Å². The number of likely N-dealkylation sites (tertiary alicyclic amines) is 1. The summed E-state index contributed by atoms with van der Waals surface area (Å²) in [4.78, 5) is 6.82. The van der Waals surface area contributed by atoms with Gasteiger partial charge in [-0.3, -0.25) is 4.90 Å². The van der Waals surface area contributed by atoms with Crippen molar-refractivity contribution in [1.82, 2.24) is 4.90 Å². The first-order valence-electron chi connectivity index (χ1n) is 7.74. The Kier molecular flexibility index (Phi) is 3.27. The van der Waals surface area contributed by atoms with Crippen molar-refractivity contribution in [3.05, 3.63) is 36.4 Å². The van der Waals surface area contributed by atoms with E-state index in [0.29, 0.717) is 5.92 Å². The van der Waals surface area contributed by atoms with Gasteiger partial charge in [0, 0.05) is 43.0 Å². The zero-order valence-corrected chi connectivity index (χ0v) is 12.7. The molecule has 1 fully saturated rings. The fraction of sp³-hybridized carbons (Fsp3) is 0.529. The number of hydrogen-bond acceptors (Lipinski definition) is 3. The molecule has 1 saturated heterocycles. The Balaban J connectivity index is 1.73. The fourth-order valence-electron chi connectivity index (χ4n) is 4.16. The lowest BCUT2D eigenvalue weighted by atomic mass is 9.89. The first-order valence-corrected chi connectivity index (χ1v) is 8.72. The van der Waals surface area contributed by atoms with E-state index in [1.807, 2.05) is 6.08 Å². The molecule has 0 aromatic heterocycles. The van der Waals surface area contributed by atoms with E-state index in [0.717, 1.165) is 12.6 Å². The molecule has 3 heteroatoms. The van der Waals surface area contributed by atoms with Crippen LogP contribution in [0.25, 0.3) is 0 Å². The molecule has 0 N–H and O–H groups in total. The van der Waals surface area contributed by atoms with E-state index < -0.39 is 0 Å². The molecular formula is C17H22N2S. The molecule has 0 spiro atoms. The van der Waals surface area contributed by atoms with Crippen LogP contribution in [-0.2, 0) is 0 Å². The van der Waals surface area contributed by atoms with Crippen molar-refractivity contribution in [2.45, 2.75) is 29.7 Å². The van der Waals surface area contributed by atoms with Crippen LogP contribution in [-0.4, -0.2) is 42.9 Å². The second-order valence-corrected chi connectivity index (χ2v) is 7.24. The summed E-state index contributed by atoms with van der Waals surface area (Å²) >= 11 is 2.05. The third kappa shape index (κ3) is 1.91. The number of piperidine rings is 1. The highest BCUT2D eigenvalue weighted by Crippen LogP contribution is 2.50. The molecule has 3 aliphatic rings. The molecule has 3 aliphatic heterocycles. The molecule has 1 aromatic rings. The number of benzene rings is 1. The Morgan fingerprint density at radius 1 is 1.35 bits per heavy atom. The van der Waals surface area contributed by atoms with Gasteiger partial charge in [-0.25, -0.2) is 0 Å². The van der Waals surface area contributed by atoms with Crippen LogP contribution < -0.4 is 4.90 Å². The predicted octanol–water partition coefficient (Wildman–Crippen LogP) is 3.35. The minimum absolute atomic E-state index is 0.706. The van der Waals surface area contributed by atoms with Gasteiger partial charge in [-0.05, 0) is 30.2 Å². The lowest BCUT2D eigenvalue weighted by Crippen LogP contribution is -2.46. The van der Waals surface area contributed by atoms with Gasteiger partial charge in [0.2, 0.25) is 0 Å². The van der Waals surface area contributed by atoms with Crippen LogP contribution in [0, 0.1) is 0 Å². The van der Waals surface area contributed by atoms with E-state index in [1.54, 1.807) is 11.3 Å². The molecule has 1 aromatic carbocycles. The first-order chi connectivity index (χ1) is 9.88. The summed E-state index contributed by atoms with van der Waals surface area (Å²) in [5, 5.41) is 0. The van der Waals surface area contributed by atoms with Crippen LogP contribution >= 0.6 is 11.8 Å². The van der Waals surface area contributed by atoms with Crippen molar-refractivity contribution in [3.63, 3.8) is 0 Å². The molecule has 0 bridgehead atoms. The number of hydrogen-bond donors (Lipinski definition) is 0. The molecular weight excluding hydrogens is 264 g/mol. The van der Waals surface area contributed by atoms with E-state index in [2.05, 4.69) is 46.3 Å². The van der Waals surface area contributed by atoms with Gasteiger partial charge in [-0.15, -0.1) is 18.3 Å². The quantitative estimate of drug-likeness (QED) is 0.770. The Labute approximate surface area is 125 Å². The second kappa shape index (κ2) is 5.12. The maximum atomic E-state index is 3.90. The summed E-state index contributed by atoms with van der Waals surface area (Å²) in [5.74, 6) is 1.98. The standard InChI is InChI=1S/C17H22N2S/c1-2-8-18-10-7-15-14(12-18)13-5-3-6-16-17(13)19(15)9-4-11-20-16/h2-3,5-6,14-15H,1,4,7-12H2/t14-,15-/m1/s1. The number of thioether (sulfide) groups is 1. The third-order valence-electron chi connectivity index (χ3n) is 4.97. The Bertz CT molecular complexity index is 528. The molecule has 2 nitrogen and oxygen atoms in total. The van der Waals surface area contributed by atoms with Gasteiger partial charge >= 0.3 is 0 Å². The molecule has 0 unspecified atom stereocenters. The van der Waals surface area contributed by atoms with E-state index in [-0.39, 0.29) is 0 Å². The lowest BCUT2D eigenvalue weighted by Gasteiger charge is -2.38. The van der Waals surface area contributed by atoms with E-state index in [4.69, 9.17) is 0 Å². The van der Waals surface area contributed by atoms with Crippen molar-refractivity contribution < 1.29 is 0 Å². The number of anilines is 1. The summed E-state index contributed by atoms with van der Waals surface area (Å²) in [5.41, 5.74) is 3.18. The van der Waals surface area contributed by atoms with Crippen LogP contribution in [0.2, 0.25) is 0 Å². The summed E-state index contributed by atoms with van der Waals surface area (Å²) in [7, 11) is 0. The minimum Gasteiger partial charge on any atom is -0.367 e. The van der Waals surface area contributed by atoms with Gasteiger partial charge in [0.1, 0.15) is 0 Å². The van der Waals surface area contributed by atoms with E-state index >= 15 is 0 Å². The van der Waals surface area contributed by atoms with Gasteiger partial charge in [-0.1, -0.05) is 18.2 Å². The monoisotopic (exact) mass is 286 g/mol. The Hall–Kier alpha value is -0.930. The van der Waals surface area contributed by atoms with Crippen LogP contribution in [0.3, 0.4) is 0 Å². The van der Waals surface area contributed by atoms with Crippen molar-refractivity contribution in [2.75, 3.05) is 36.8 Å². The molecule has 106 valence electrons. The van der Waals surface area contributed by atoms with E-state index in [1.165, 1.54) is 43.1 Å². The molecule has 0 radical (unpaired) electrons. The average Bonchev–Trinajstić information content (AvgIpc) is 2.64. The van der Waals surface area contributed by atoms with Crippen molar-refractivity contribution in [2.24, 2.45) is 0 Å². The molecule has 4 rings (SSSR count). The fourth-order valence-corrected chi connectivity index (χ4v) is 5.20. The summed E-state index contributed by atoms with van der Waals surface area (Å²) in [6, 6.07) is 7.70. The largest absolute Gasteiger partial charge is 0.367 e. The van der Waals surface area contributed by atoms with Crippen molar-refractivity contribution in [3.8, 4) is 0 Å². The number of nitrogens with zero attached hydrogens (tertiary/aromatic N) is 2. The van der Waals surface area contributed by atoms with Gasteiger partial charge < -0.3 is 4.90 Å². The second-order valence-electron chi connectivity index (χ2n) is 6.10. The number of rotatable bonds is 2. The molecule has 20 heavy (non-hydrogen) atoms. The Morgan fingerprint density at radius 3 is 3.20 bits per heavy atom. The highest BCUT2D eigenvalue weighted by molar-refractivity contribution is 7.99. The third-order valence-corrected chi connectivity index (χ3v) is 6.10. The van der Waals surface area contributed by atoms with Crippen LogP contribution in [0.1, 0.15) is 24.3 Å². The number of para-hydroxylation sites is 1. The van der Waals surface area contributed by atoms with Crippen molar-refractivity contribution in [1.29, 1.82) is 0 Å². The molecule has 2 atom stereocenters. The number of fused-ring (bicyclic) bond motifs is 3. The van der Waals surface area contributed by atoms with Crippen molar-refractivity contribution >= 4 is 17.4 Å². The summed E-state index contributed by atoms with van der Waals surface area (Å²) < 4.78 is 0. The van der Waals surface area contributed by atoms with Crippen LogP contribution in [0.15, 0.2) is 35.7 Å². The topological polar surface area (TPSA) is 6.48 Å². The highest BCUT2D eigenvalue weighted by Gasteiger charge is 2.42. The highest BCUT2D eigenvalue weighted by atomic mass is 32.2. The molecule has 0 amide bonds. The smallest absolute Gasteiger partial charge is 0.0543 e. The summed E-state index contributed by atoms with van der Waals surface area (Å²) in [6.45, 7) is 8.61. The minimum atomic E-state index is 0.706. The maximum Gasteiger partial charge on any atom is 0.0543 e. The lowest BCUT2D eigenvalue weighted by molar-refractivity contribution is 0.211. The first kappa shape index (κ1) is 12.8. The maximum absolute atomic E-state index is 3.90. The zero-order valence-electron chi connectivity index (χ0n) is 11.9.